The molecule has 1 fully saturated rings. The molecule has 1 aliphatic rings. The van der Waals surface area contributed by atoms with Crippen LogP contribution in [-0.4, -0.2) is 46.3 Å². The number of aromatic nitrogens is 2. The van der Waals surface area contributed by atoms with Crippen LogP contribution >= 0.6 is 0 Å². The summed E-state index contributed by atoms with van der Waals surface area (Å²) in [5, 5.41) is 11.2. The van der Waals surface area contributed by atoms with Crippen molar-refractivity contribution in [1.82, 2.24) is 20.4 Å². The maximum absolute atomic E-state index is 14.8. The van der Waals surface area contributed by atoms with E-state index in [4.69, 9.17) is 0 Å². The monoisotopic (exact) mass is 525 g/mol. The van der Waals surface area contributed by atoms with Crippen molar-refractivity contribution in [3.05, 3.63) is 47.5 Å². The Bertz CT molecular complexity index is 1090. The molecule has 3 amide bonds. The molecule has 1 aliphatic carbocycles. The van der Waals surface area contributed by atoms with Crippen molar-refractivity contribution in [3.63, 3.8) is 0 Å². The van der Waals surface area contributed by atoms with Gasteiger partial charge in [-0.1, -0.05) is 31.7 Å². The molecule has 1 atom stereocenters. The highest BCUT2D eigenvalue weighted by Gasteiger charge is 2.32. The van der Waals surface area contributed by atoms with E-state index in [1.807, 2.05) is 6.92 Å². The minimum absolute atomic E-state index is 0.135. The van der Waals surface area contributed by atoms with Gasteiger partial charge in [0.2, 0.25) is 11.8 Å². The summed E-state index contributed by atoms with van der Waals surface area (Å²) in [6, 6.07) is 4.24. The Morgan fingerprint density at radius 1 is 1.11 bits per heavy atom. The number of hydrogen-bond donors (Lipinski definition) is 3. The van der Waals surface area contributed by atoms with E-state index >= 15 is 0 Å². The van der Waals surface area contributed by atoms with Crippen LogP contribution in [0.1, 0.15) is 61.5 Å². The third-order valence-electron chi connectivity index (χ3n) is 6.33. The van der Waals surface area contributed by atoms with Gasteiger partial charge in [0.25, 0.3) is 5.91 Å². The lowest BCUT2D eigenvalue weighted by molar-refractivity contribution is -0.138. The fourth-order valence-electron chi connectivity index (χ4n) is 4.46. The SMILES string of the molecule is CCn1nccc1C(=O)NC(C(=O)Nc1ccc(CC(=O)NCC(F)(F)F)cc1F)C1CCCCCC1. The number of carbonyl (C=O) groups is 3. The molecule has 12 heteroatoms. The molecule has 1 saturated carbocycles. The highest BCUT2D eigenvalue weighted by molar-refractivity contribution is 6.00. The van der Waals surface area contributed by atoms with Gasteiger partial charge in [0.15, 0.2) is 0 Å². The van der Waals surface area contributed by atoms with Crippen molar-refractivity contribution in [2.24, 2.45) is 5.92 Å². The fourth-order valence-corrected chi connectivity index (χ4v) is 4.46. The zero-order valence-electron chi connectivity index (χ0n) is 20.5. The maximum Gasteiger partial charge on any atom is 0.405 e. The summed E-state index contributed by atoms with van der Waals surface area (Å²) in [5.41, 5.74) is 0.306. The van der Waals surface area contributed by atoms with Crippen LogP contribution in [0.2, 0.25) is 0 Å². The van der Waals surface area contributed by atoms with Crippen molar-refractivity contribution in [1.29, 1.82) is 0 Å². The second kappa shape index (κ2) is 12.7. The number of alkyl halides is 3. The van der Waals surface area contributed by atoms with Gasteiger partial charge in [-0.25, -0.2) is 4.39 Å². The van der Waals surface area contributed by atoms with Gasteiger partial charge in [-0.05, 0) is 49.4 Å². The number of carbonyl (C=O) groups excluding carboxylic acids is 3. The first-order valence-corrected chi connectivity index (χ1v) is 12.3. The second-order valence-corrected chi connectivity index (χ2v) is 9.11. The van der Waals surface area contributed by atoms with Crippen LogP contribution < -0.4 is 16.0 Å². The third-order valence-corrected chi connectivity index (χ3v) is 6.33. The van der Waals surface area contributed by atoms with Crippen molar-refractivity contribution < 1.29 is 31.9 Å². The van der Waals surface area contributed by atoms with Gasteiger partial charge < -0.3 is 16.0 Å². The summed E-state index contributed by atoms with van der Waals surface area (Å²) < 4.78 is 53.1. The lowest BCUT2D eigenvalue weighted by Crippen LogP contribution is -2.49. The number of hydrogen-bond acceptors (Lipinski definition) is 4. The Morgan fingerprint density at radius 3 is 2.43 bits per heavy atom. The smallest absolute Gasteiger partial charge is 0.347 e. The van der Waals surface area contributed by atoms with Crippen molar-refractivity contribution in [2.45, 2.75) is 70.6 Å². The van der Waals surface area contributed by atoms with Crippen molar-refractivity contribution in [3.8, 4) is 0 Å². The van der Waals surface area contributed by atoms with Gasteiger partial charge in [0.1, 0.15) is 24.1 Å². The Balaban J connectivity index is 1.72. The van der Waals surface area contributed by atoms with Gasteiger partial charge in [-0.15, -0.1) is 0 Å². The number of anilines is 1. The number of amides is 3. The lowest BCUT2D eigenvalue weighted by atomic mass is 9.91. The number of nitrogens with one attached hydrogen (secondary N) is 3. The average Bonchev–Trinajstić information content (AvgIpc) is 3.17. The first kappa shape index (κ1) is 28.1. The molecule has 1 aromatic carbocycles. The largest absolute Gasteiger partial charge is 0.405 e. The molecule has 1 heterocycles. The molecule has 3 N–H and O–H groups in total. The zero-order valence-corrected chi connectivity index (χ0v) is 20.5. The third kappa shape index (κ3) is 8.29. The summed E-state index contributed by atoms with van der Waals surface area (Å²) in [6.07, 6.45) is 1.87. The maximum atomic E-state index is 14.8. The molecule has 202 valence electrons. The molecule has 1 aromatic heterocycles. The first-order valence-electron chi connectivity index (χ1n) is 12.3. The minimum Gasteiger partial charge on any atom is -0.347 e. The van der Waals surface area contributed by atoms with E-state index in [0.717, 1.165) is 44.6 Å². The number of nitrogens with zero attached hydrogens (tertiary/aromatic N) is 2. The average molecular weight is 526 g/mol. The summed E-state index contributed by atoms with van der Waals surface area (Å²) in [4.78, 5) is 38.0. The highest BCUT2D eigenvalue weighted by atomic mass is 19.4. The van der Waals surface area contributed by atoms with E-state index in [1.165, 1.54) is 23.0 Å². The van der Waals surface area contributed by atoms with Crippen LogP contribution in [0.5, 0.6) is 0 Å². The topological polar surface area (TPSA) is 105 Å². The normalized spacial score (nSPS) is 15.5. The molecule has 3 rings (SSSR count). The van der Waals surface area contributed by atoms with Crippen LogP contribution in [0.25, 0.3) is 0 Å². The molecule has 0 aliphatic heterocycles. The Labute approximate surface area is 212 Å². The molecule has 1 unspecified atom stereocenters. The van der Waals surface area contributed by atoms with Crippen molar-refractivity contribution in [2.75, 3.05) is 11.9 Å². The van der Waals surface area contributed by atoms with E-state index in [1.54, 1.807) is 11.4 Å². The quantitative estimate of drug-likeness (QED) is 0.340. The molecule has 37 heavy (non-hydrogen) atoms. The van der Waals surface area contributed by atoms with Crippen molar-refractivity contribution >= 4 is 23.4 Å². The minimum atomic E-state index is -4.55. The molecule has 0 radical (unpaired) electrons. The summed E-state index contributed by atoms with van der Waals surface area (Å²) >= 11 is 0. The van der Waals surface area contributed by atoms with E-state index in [2.05, 4.69) is 15.7 Å². The Hall–Kier alpha value is -3.44. The number of rotatable bonds is 9. The number of halogens is 4. The van der Waals surface area contributed by atoms with E-state index in [0.29, 0.717) is 12.2 Å². The standard InChI is InChI=1S/C25H31F4N5O3/c1-2-34-20(11-12-31-34)23(36)33-22(17-7-5-3-4-6-8-17)24(37)32-19-10-9-16(13-18(19)26)14-21(35)30-15-25(27,28)29/h9-13,17,22H,2-8,14-15H2,1H3,(H,30,35)(H,32,37)(H,33,36). The predicted octanol–water partition coefficient (Wildman–Crippen LogP) is 3.97. The fraction of sp³-hybridized carbons (Fsp3) is 0.520. The Morgan fingerprint density at radius 2 is 1.81 bits per heavy atom. The highest BCUT2D eigenvalue weighted by Crippen LogP contribution is 2.27. The second-order valence-electron chi connectivity index (χ2n) is 9.11. The van der Waals surface area contributed by atoms with Crippen LogP contribution in [0.4, 0.5) is 23.2 Å². The van der Waals surface area contributed by atoms with E-state index < -0.39 is 48.7 Å². The van der Waals surface area contributed by atoms with Gasteiger partial charge in [-0.2, -0.15) is 18.3 Å². The summed E-state index contributed by atoms with van der Waals surface area (Å²) in [7, 11) is 0. The predicted molar refractivity (Wildman–Crippen MR) is 128 cm³/mol. The van der Waals surface area contributed by atoms with Crippen LogP contribution in [0, 0.1) is 11.7 Å². The number of aryl methyl sites for hydroxylation is 1. The first-order chi connectivity index (χ1) is 17.6. The van der Waals surface area contributed by atoms with Gasteiger partial charge >= 0.3 is 6.18 Å². The molecular weight excluding hydrogens is 494 g/mol. The number of benzene rings is 1. The van der Waals surface area contributed by atoms with E-state index in [9.17, 15) is 31.9 Å². The van der Waals surface area contributed by atoms with E-state index in [-0.39, 0.29) is 17.2 Å². The zero-order chi connectivity index (χ0) is 27.0. The molecule has 0 bridgehead atoms. The molecule has 2 aromatic rings. The molecule has 0 spiro atoms. The van der Waals surface area contributed by atoms with Gasteiger partial charge in [0.05, 0.1) is 12.1 Å². The summed E-state index contributed by atoms with van der Waals surface area (Å²) in [6.45, 7) is 0.837. The Kier molecular flexibility index (Phi) is 9.65. The van der Waals surface area contributed by atoms with Crippen LogP contribution in [0.3, 0.4) is 0 Å². The van der Waals surface area contributed by atoms with Crippen LogP contribution in [-0.2, 0) is 22.6 Å². The summed E-state index contributed by atoms with van der Waals surface area (Å²) in [5.74, 6) is -2.91. The van der Waals surface area contributed by atoms with Gasteiger partial charge in [0, 0.05) is 12.7 Å². The molecule has 8 nitrogen and oxygen atoms in total. The lowest BCUT2D eigenvalue weighted by Gasteiger charge is -2.26. The molecular formula is C25H31F4N5O3. The molecule has 0 saturated heterocycles. The van der Waals surface area contributed by atoms with Crippen LogP contribution in [0.15, 0.2) is 30.5 Å². The van der Waals surface area contributed by atoms with Gasteiger partial charge in [-0.3, -0.25) is 19.1 Å².